The maximum atomic E-state index is 13.2. The van der Waals surface area contributed by atoms with Crippen molar-refractivity contribution in [3.8, 4) is 0 Å². The Labute approximate surface area is 110 Å². The fourth-order valence-electron chi connectivity index (χ4n) is 1.54. The average Bonchev–Trinajstić information content (AvgIpc) is 2.31. The molecule has 0 unspecified atom stereocenters. The van der Waals surface area contributed by atoms with Crippen LogP contribution in [0.3, 0.4) is 0 Å². The summed E-state index contributed by atoms with van der Waals surface area (Å²) < 4.78 is 13.2. The van der Waals surface area contributed by atoms with Gasteiger partial charge in [0.1, 0.15) is 5.82 Å². The summed E-state index contributed by atoms with van der Waals surface area (Å²) in [5.74, 6) is -0.281. The molecular weight excluding hydrogens is 249 g/mol. The van der Waals surface area contributed by atoms with Gasteiger partial charge in [0, 0.05) is 22.8 Å². The topological polar surface area (TPSA) is 51.8 Å². The van der Waals surface area contributed by atoms with E-state index in [2.05, 4.69) is 9.97 Å². The minimum atomic E-state index is -0.281. The van der Waals surface area contributed by atoms with E-state index in [4.69, 9.17) is 5.73 Å². The van der Waals surface area contributed by atoms with Crippen LogP contribution < -0.4 is 5.73 Å². The Kier molecular flexibility index (Phi) is 3.93. The molecule has 0 spiro atoms. The van der Waals surface area contributed by atoms with E-state index in [9.17, 15) is 4.39 Å². The van der Waals surface area contributed by atoms with Gasteiger partial charge in [0.2, 0.25) is 0 Å². The summed E-state index contributed by atoms with van der Waals surface area (Å²) in [6.07, 6.45) is 1.71. The van der Waals surface area contributed by atoms with Crippen LogP contribution in [0.5, 0.6) is 0 Å². The summed E-state index contributed by atoms with van der Waals surface area (Å²) in [4.78, 5) is 9.37. The van der Waals surface area contributed by atoms with E-state index in [1.807, 2.05) is 19.9 Å². The minimum Gasteiger partial charge on any atom is -0.324 e. The van der Waals surface area contributed by atoms with Crippen LogP contribution in [0, 0.1) is 12.7 Å². The molecule has 0 aliphatic rings. The first kappa shape index (κ1) is 13.0. The summed E-state index contributed by atoms with van der Waals surface area (Å²) in [6, 6.07) is 6.20. The largest absolute Gasteiger partial charge is 0.324 e. The smallest absolute Gasteiger partial charge is 0.192 e. The number of rotatable bonds is 3. The molecule has 0 saturated heterocycles. The second-order valence-corrected chi connectivity index (χ2v) is 5.06. The molecule has 94 valence electrons. The zero-order chi connectivity index (χ0) is 13.1. The van der Waals surface area contributed by atoms with Gasteiger partial charge in [-0.3, -0.25) is 0 Å². The van der Waals surface area contributed by atoms with Crippen molar-refractivity contribution < 1.29 is 4.39 Å². The van der Waals surface area contributed by atoms with E-state index in [0.717, 1.165) is 16.2 Å². The normalized spacial score (nSPS) is 12.4. The second-order valence-electron chi connectivity index (χ2n) is 4.05. The molecule has 0 aliphatic carbocycles. The highest BCUT2D eigenvalue weighted by molar-refractivity contribution is 7.99. The molecule has 18 heavy (non-hydrogen) atoms. The molecular formula is C13H14FN3S. The van der Waals surface area contributed by atoms with Gasteiger partial charge in [0.15, 0.2) is 5.16 Å². The molecule has 0 radical (unpaired) electrons. The maximum absolute atomic E-state index is 13.2. The van der Waals surface area contributed by atoms with Crippen molar-refractivity contribution in [2.24, 2.45) is 5.73 Å². The molecule has 0 aliphatic heterocycles. The lowest BCUT2D eigenvalue weighted by atomic mass is 10.1. The third-order valence-electron chi connectivity index (χ3n) is 2.44. The molecule has 2 rings (SSSR count). The van der Waals surface area contributed by atoms with Gasteiger partial charge in [-0.2, -0.15) is 0 Å². The van der Waals surface area contributed by atoms with Gasteiger partial charge in [0.25, 0.3) is 0 Å². The number of aromatic nitrogens is 2. The van der Waals surface area contributed by atoms with E-state index in [1.165, 1.54) is 23.9 Å². The highest BCUT2D eigenvalue weighted by atomic mass is 32.2. The van der Waals surface area contributed by atoms with Crippen molar-refractivity contribution in [3.05, 3.63) is 47.5 Å². The highest BCUT2D eigenvalue weighted by Gasteiger charge is 2.11. The Morgan fingerprint density at radius 1 is 1.33 bits per heavy atom. The van der Waals surface area contributed by atoms with Crippen molar-refractivity contribution in [1.82, 2.24) is 9.97 Å². The van der Waals surface area contributed by atoms with Crippen LogP contribution in [0.2, 0.25) is 0 Å². The van der Waals surface area contributed by atoms with E-state index in [1.54, 1.807) is 12.3 Å². The molecule has 0 fully saturated rings. The number of aryl methyl sites for hydroxylation is 1. The number of hydrogen-bond acceptors (Lipinski definition) is 4. The van der Waals surface area contributed by atoms with Crippen molar-refractivity contribution in [2.45, 2.75) is 29.9 Å². The van der Waals surface area contributed by atoms with Crippen molar-refractivity contribution in [3.63, 3.8) is 0 Å². The Bertz CT molecular complexity index is 558. The summed E-state index contributed by atoms with van der Waals surface area (Å²) in [7, 11) is 0. The fourth-order valence-corrected chi connectivity index (χ4v) is 2.54. The average molecular weight is 263 g/mol. The predicted octanol–water partition coefficient (Wildman–Crippen LogP) is 3.10. The molecule has 0 saturated carbocycles. The van der Waals surface area contributed by atoms with Gasteiger partial charge in [-0.05, 0) is 55.4 Å². The second kappa shape index (κ2) is 5.46. The number of nitrogens with zero attached hydrogens (tertiary/aromatic N) is 2. The molecule has 1 aromatic carbocycles. The molecule has 0 bridgehead atoms. The first-order valence-corrected chi connectivity index (χ1v) is 6.40. The van der Waals surface area contributed by atoms with Crippen LogP contribution >= 0.6 is 11.8 Å². The van der Waals surface area contributed by atoms with Crippen LogP contribution in [0.4, 0.5) is 4.39 Å². The highest BCUT2D eigenvalue weighted by Crippen LogP contribution is 2.31. The molecule has 2 N–H and O–H groups in total. The van der Waals surface area contributed by atoms with Gasteiger partial charge >= 0.3 is 0 Å². The quantitative estimate of drug-likeness (QED) is 0.865. The van der Waals surface area contributed by atoms with Crippen LogP contribution in [0.1, 0.15) is 24.2 Å². The lowest BCUT2D eigenvalue weighted by molar-refractivity contribution is 0.619. The van der Waals surface area contributed by atoms with Crippen LogP contribution in [-0.4, -0.2) is 9.97 Å². The third-order valence-corrected chi connectivity index (χ3v) is 3.41. The lowest BCUT2D eigenvalue weighted by Gasteiger charge is -2.11. The van der Waals surface area contributed by atoms with E-state index < -0.39 is 0 Å². The van der Waals surface area contributed by atoms with Crippen LogP contribution in [0.25, 0.3) is 0 Å². The molecule has 5 heteroatoms. The standard InChI is InChI=1S/C13H14FN3S/c1-8-5-6-16-13(17-8)18-12-4-3-10(14)7-11(12)9(2)15/h3-7,9H,15H2,1-2H3/t9-/m0/s1. The summed E-state index contributed by atoms with van der Waals surface area (Å²) in [5.41, 5.74) is 7.51. The number of nitrogens with two attached hydrogens (primary N) is 1. The number of benzene rings is 1. The SMILES string of the molecule is Cc1ccnc(Sc2ccc(F)cc2[C@H](C)N)n1. The predicted molar refractivity (Wildman–Crippen MR) is 69.9 cm³/mol. The van der Waals surface area contributed by atoms with E-state index >= 15 is 0 Å². The summed E-state index contributed by atoms with van der Waals surface area (Å²) >= 11 is 1.40. The molecule has 1 atom stereocenters. The van der Waals surface area contributed by atoms with Crippen molar-refractivity contribution in [1.29, 1.82) is 0 Å². The lowest BCUT2D eigenvalue weighted by Crippen LogP contribution is -2.07. The molecule has 2 aromatic rings. The zero-order valence-corrected chi connectivity index (χ0v) is 11.0. The summed E-state index contributed by atoms with van der Waals surface area (Å²) in [5, 5.41) is 0.642. The number of halogens is 1. The fraction of sp³-hybridized carbons (Fsp3) is 0.231. The summed E-state index contributed by atoms with van der Waals surface area (Å²) in [6.45, 7) is 3.73. The molecule has 1 heterocycles. The minimum absolute atomic E-state index is 0.229. The van der Waals surface area contributed by atoms with Crippen LogP contribution in [0.15, 0.2) is 40.5 Å². The third kappa shape index (κ3) is 3.05. The molecule has 3 nitrogen and oxygen atoms in total. The zero-order valence-electron chi connectivity index (χ0n) is 10.2. The van der Waals surface area contributed by atoms with E-state index in [-0.39, 0.29) is 11.9 Å². The van der Waals surface area contributed by atoms with Gasteiger partial charge in [-0.25, -0.2) is 14.4 Å². The first-order chi connectivity index (χ1) is 8.56. The van der Waals surface area contributed by atoms with Crippen LogP contribution in [-0.2, 0) is 0 Å². The number of hydrogen-bond donors (Lipinski definition) is 1. The van der Waals surface area contributed by atoms with Gasteiger partial charge in [-0.1, -0.05) is 0 Å². The van der Waals surface area contributed by atoms with Gasteiger partial charge < -0.3 is 5.73 Å². The van der Waals surface area contributed by atoms with E-state index in [0.29, 0.717) is 5.16 Å². The Morgan fingerprint density at radius 3 is 2.78 bits per heavy atom. The Balaban J connectivity index is 2.34. The van der Waals surface area contributed by atoms with Crippen molar-refractivity contribution in [2.75, 3.05) is 0 Å². The maximum Gasteiger partial charge on any atom is 0.192 e. The molecule has 0 amide bonds. The van der Waals surface area contributed by atoms with Gasteiger partial charge in [0.05, 0.1) is 0 Å². The first-order valence-electron chi connectivity index (χ1n) is 5.59. The van der Waals surface area contributed by atoms with Gasteiger partial charge in [-0.15, -0.1) is 0 Å². The Hall–Kier alpha value is -1.46. The van der Waals surface area contributed by atoms with Crippen molar-refractivity contribution >= 4 is 11.8 Å². The monoisotopic (exact) mass is 263 g/mol. The molecule has 1 aromatic heterocycles. The Morgan fingerprint density at radius 2 is 2.11 bits per heavy atom.